The third-order valence-corrected chi connectivity index (χ3v) is 3.89. The summed E-state index contributed by atoms with van der Waals surface area (Å²) in [6.45, 7) is 2.65. The summed E-state index contributed by atoms with van der Waals surface area (Å²) >= 11 is 0. The van der Waals surface area contributed by atoms with Gasteiger partial charge in [0.15, 0.2) is 0 Å². The summed E-state index contributed by atoms with van der Waals surface area (Å²) in [7, 11) is -0.893. The number of benzene rings is 1. The molecule has 20 heavy (non-hydrogen) atoms. The standard InChI is InChI=1S/C14H20N2O3S/c1-3-8-19-12-6-4-5-10-13(12)16-14(17)11(15-10)7-9-20(2)18/h4-6,11,15H,3,7-9H2,1-2H3,(H,16,17). The molecule has 0 aromatic heterocycles. The van der Waals surface area contributed by atoms with Gasteiger partial charge in [0.05, 0.1) is 12.3 Å². The van der Waals surface area contributed by atoms with Gasteiger partial charge in [-0.2, -0.15) is 0 Å². The van der Waals surface area contributed by atoms with Crippen LogP contribution in [-0.4, -0.2) is 34.8 Å². The van der Waals surface area contributed by atoms with Crippen LogP contribution >= 0.6 is 0 Å². The summed E-state index contributed by atoms with van der Waals surface area (Å²) in [5.74, 6) is 1.09. The molecule has 2 unspecified atom stereocenters. The number of hydrogen-bond acceptors (Lipinski definition) is 4. The number of carbonyl (C=O) groups is 1. The van der Waals surface area contributed by atoms with E-state index in [1.165, 1.54) is 0 Å². The first-order chi connectivity index (χ1) is 9.61. The Labute approximate surface area is 121 Å². The molecular weight excluding hydrogens is 276 g/mol. The fraction of sp³-hybridized carbons (Fsp3) is 0.500. The summed E-state index contributed by atoms with van der Waals surface area (Å²) in [6.07, 6.45) is 3.11. The van der Waals surface area contributed by atoms with Crippen LogP contribution in [0.4, 0.5) is 11.4 Å². The number of carbonyl (C=O) groups excluding carboxylic acids is 1. The van der Waals surface area contributed by atoms with Crippen molar-refractivity contribution in [2.75, 3.05) is 29.2 Å². The van der Waals surface area contributed by atoms with Crippen molar-refractivity contribution in [3.63, 3.8) is 0 Å². The molecule has 1 aromatic rings. The Morgan fingerprint density at radius 2 is 2.20 bits per heavy atom. The van der Waals surface area contributed by atoms with E-state index in [-0.39, 0.29) is 11.9 Å². The first-order valence-corrected chi connectivity index (χ1v) is 8.47. The molecular formula is C14H20N2O3S. The van der Waals surface area contributed by atoms with Gasteiger partial charge in [0.1, 0.15) is 17.5 Å². The molecule has 0 bridgehead atoms. The second-order valence-electron chi connectivity index (χ2n) is 4.78. The maximum Gasteiger partial charge on any atom is 0.247 e. The van der Waals surface area contributed by atoms with Crippen molar-refractivity contribution in [3.05, 3.63) is 18.2 Å². The number of ether oxygens (including phenoxy) is 1. The van der Waals surface area contributed by atoms with Crippen LogP contribution < -0.4 is 15.4 Å². The molecule has 2 rings (SSSR count). The molecule has 1 aliphatic rings. The van der Waals surface area contributed by atoms with Crippen LogP contribution in [0.5, 0.6) is 5.75 Å². The third-order valence-electron chi connectivity index (χ3n) is 3.08. The van der Waals surface area contributed by atoms with Crippen molar-refractivity contribution in [3.8, 4) is 5.75 Å². The molecule has 110 valence electrons. The third kappa shape index (κ3) is 3.50. The van der Waals surface area contributed by atoms with E-state index in [0.717, 1.165) is 12.1 Å². The molecule has 0 fully saturated rings. The van der Waals surface area contributed by atoms with E-state index in [0.29, 0.717) is 30.2 Å². The molecule has 1 aliphatic heterocycles. The van der Waals surface area contributed by atoms with E-state index in [9.17, 15) is 9.00 Å². The molecule has 0 spiro atoms. The van der Waals surface area contributed by atoms with Crippen molar-refractivity contribution >= 4 is 28.1 Å². The highest BCUT2D eigenvalue weighted by atomic mass is 32.2. The van der Waals surface area contributed by atoms with Crippen LogP contribution in [-0.2, 0) is 15.6 Å². The van der Waals surface area contributed by atoms with Crippen molar-refractivity contribution in [2.45, 2.75) is 25.8 Å². The van der Waals surface area contributed by atoms with Crippen LogP contribution in [0, 0.1) is 0 Å². The minimum absolute atomic E-state index is 0.101. The number of fused-ring (bicyclic) bond motifs is 1. The Morgan fingerprint density at radius 1 is 1.40 bits per heavy atom. The summed E-state index contributed by atoms with van der Waals surface area (Å²) < 4.78 is 16.8. The van der Waals surface area contributed by atoms with Gasteiger partial charge in [-0.25, -0.2) is 0 Å². The lowest BCUT2D eigenvalue weighted by Crippen LogP contribution is -2.39. The van der Waals surface area contributed by atoms with Gasteiger partial charge in [-0.1, -0.05) is 13.0 Å². The maximum absolute atomic E-state index is 12.1. The van der Waals surface area contributed by atoms with Crippen LogP contribution in [0.25, 0.3) is 0 Å². The molecule has 1 heterocycles. The predicted molar refractivity (Wildman–Crippen MR) is 81.8 cm³/mol. The number of hydrogen-bond donors (Lipinski definition) is 2. The van der Waals surface area contributed by atoms with Crippen molar-refractivity contribution in [1.29, 1.82) is 0 Å². The normalized spacial score (nSPS) is 18.7. The molecule has 6 heteroatoms. The molecule has 1 aromatic carbocycles. The second-order valence-corrected chi connectivity index (χ2v) is 6.33. The largest absolute Gasteiger partial charge is 0.491 e. The number of amides is 1. The molecule has 2 atom stereocenters. The van der Waals surface area contributed by atoms with Crippen molar-refractivity contribution in [2.24, 2.45) is 0 Å². The molecule has 1 amide bonds. The van der Waals surface area contributed by atoms with Crippen LogP contribution in [0.1, 0.15) is 19.8 Å². The van der Waals surface area contributed by atoms with E-state index in [4.69, 9.17) is 4.74 Å². The average molecular weight is 296 g/mol. The first kappa shape index (κ1) is 14.8. The van der Waals surface area contributed by atoms with Gasteiger partial charge in [-0.05, 0) is 25.0 Å². The van der Waals surface area contributed by atoms with Gasteiger partial charge in [-0.15, -0.1) is 0 Å². The van der Waals surface area contributed by atoms with E-state index in [1.54, 1.807) is 6.26 Å². The Kier molecular flexibility index (Phi) is 5.00. The molecule has 0 aliphatic carbocycles. The Bertz CT molecular complexity index is 519. The highest BCUT2D eigenvalue weighted by molar-refractivity contribution is 7.84. The second kappa shape index (κ2) is 6.74. The quantitative estimate of drug-likeness (QED) is 0.842. The van der Waals surface area contributed by atoms with Gasteiger partial charge in [0.25, 0.3) is 0 Å². The Morgan fingerprint density at radius 3 is 2.90 bits per heavy atom. The van der Waals surface area contributed by atoms with Crippen LogP contribution in [0.15, 0.2) is 18.2 Å². The number of anilines is 2. The Hall–Kier alpha value is -1.56. The van der Waals surface area contributed by atoms with Crippen molar-refractivity contribution < 1.29 is 13.7 Å². The lowest BCUT2D eigenvalue weighted by Gasteiger charge is -2.28. The lowest BCUT2D eigenvalue weighted by atomic mass is 10.1. The predicted octanol–water partition coefficient (Wildman–Crippen LogP) is 1.98. The number of para-hydroxylation sites is 1. The monoisotopic (exact) mass is 296 g/mol. The van der Waals surface area contributed by atoms with Crippen molar-refractivity contribution in [1.82, 2.24) is 0 Å². The van der Waals surface area contributed by atoms with E-state index < -0.39 is 10.8 Å². The maximum atomic E-state index is 12.1. The van der Waals surface area contributed by atoms with Gasteiger partial charge in [-0.3, -0.25) is 9.00 Å². The molecule has 2 N–H and O–H groups in total. The van der Waals surface area contributed by atoms with Gasteiger partial charge in [0.2, 0.25) is 5.91 Å². The summed E-state index contributed by atoms with van der Waals surface area (Å²) in [4.78, 5) is 12.1. The number of rotatable bonds is 6. The van der Waals surface area contributed by atoms with Gasteiger partial charge >= 0.3 is 0 Å². The van der Waals surface area contributed by atoms with Crippen LogP contribution in [0.3, 0.4) is 0 Å². The summed E-state index contributed by atoms with van der Waals surface area (Å²) in [6, 6.07) is 5.30. The molecule has 5 nitrogen and oxygen atoms in total. The first-order valence-electron chi connectivity index (χ1n) is 6.75. The minimum atomic E-state index is -0.893. The Balaban J connectivity index is 2.13. The summed E-state index contributed by atoms with van der Waals surface area (Å²) in [5, 5.41) is 6.08. The fourth-order valence-corrected chi connectivity index (χ4v) is 2.63. The highest BCUT2D eigenvalue weighted by Crippen LogP contribution is 2.36. The minimum Gasteiger partial charge on any atom is -0.491 e. The SMILES string of the molecule is CCCOc1cccc2c1NC(=O)C(CCS(C)=O)N2. The van der Waals surface area contributed by atoms with E-state index in [2.05, 4.69) is 10.6 Å². The molecule has 0 radical (unpaired) electrons. The fourth-order valence-electron chi connectivity index (χ4n) is 2.06. The topological polar surface area (TPSA) is 67.4 Å². The summed E-state index contributed by atoms with van der Waals surface area (Å²) in [5.41, 5.74) is 1.55. The zero-order valence-corrected chi connectivity index (χ0v) is 12.6. The average Bonchev–Trinajstić information content (AvgIpc) is 2.42. The highest BCUT2D eigenvalue weighted by Gasteiger charge is 2.27. The molecule has 0 saturated heterocycles. The van der Waals surface area contributed by atoms with Gasteiger partial charge < -0.3 is 15.4 Å². The van der Waals surface area contributed by atoms with E-state index in [1.807, 2.05) is 25.1 Å². The lowest BCUT2D eigenvalue weighted by molar-refractivity contribution is -0.117. The smallest absolute Gasteiger partial charge is 0.247 e. The van der Waals surface area contributed by atoms with Gasteiger partial charge in [0, 0.05) is 22.8 Å². The van der Waals surface area contributed by atoms with Crippen LogP contribution in [0.2, 0.25) is 0 Å². The van der Waals surface area contributed by atoms with E-state index >= 15 is 0 Å². The zero-order valence-electron chi connectivity index (χ0n) is 11.8. The molecule has 0 saturated carbocycles. The zero-order chi connectivity index (χ0) is 14.5. The number of nitrogens with one attached hydrogen (secondary N) is 2.